The number of para-hydroxylation sites is 1. The van der Waals surface area contributed by atoms with Crippen molar-refractivity contribution < 1.29 is 9.84 Å². The van der Waals surface area contributed by atoms with Crippen LogP contribution in [0.5, 0.6) is 11.6 Å². The zero-order chi connectivity index (χ0) is 14.7. The predicted molar refractivity (Wildman–Crippen MR) is 82.1 cm³/mol. The van der Waals surface area contributed by atoms with Crippen molar-refractivity contribution >= 4 is 10.9 Å². The van der Waals surface area contributed by atoms with Gasteiger partial charge in [-0.05, 0) is 29.3 Å². The van der Waals surface area contributed by atoms with Crippen LogP contribution in [-0.2, 0) is 13.2 Å². The summed E-state index contributed by atoms with van der Waals surface area (Å²) >= 11 is 0. The van der Waals surface area contributed by atoms with E-state index in [1.807, 2.05) is 48.5 Å². The Labute approximate surface area is 122 Å². The molecule has 0 radical (unpaired) electrons. The van der Waals surface area contributed by atoms with E-state index in [4.69, 9.17) is 15.6 Å². The van der Waals surface area contributed by atoms with Gasteiger partial charge in [-0.3, -0.25) is 0 Å². The standard InChI is InChI=1S/C17H16N2O2/c18-10-13-9-17(19-16-7-2-1-6-15(13)16)21-14-5-3-4-12(8-14)11-20/h1-9,20H,10-11,18H2. The maximum absolute atomic E-state index is 9.16. The molecule has 2 aromatic carbocycles. The van der Waals surface area contributed by atoms with Gasteiger partial charge < -0.3 is 15.6 Å². The Morgan fingerprint density at radius 3 is 2.71 bits per heavy atom. The molecule has 3 N–H and O–H groups in total. The fraction of sp³-hybridized carbons (Fsp3) is 0.118. The first-order chi connectivity index (χ1) is 10.3. The first-order valence-corrected chi connectivity index (χ1v) is 6.76. The minimum absolute atomic E-state index is 0.0175. The van der Waals surface area contributed by atoms with Crippen LogP contribution in [0.25, 0.3) is 10.9 Å². The number of aromatic nitrogens is 1. The molecule has 3 rings (SSSR count). The first-order valence-electron chi connectivity index (χ1n) is 6.76. The number of benzene rings is 2. The molecule has 0 aliphatic heterocycles. The Kier molecular flexibility index (Phi) is 3.81. The summed E-state index contributed by atoms with van der Waals surface area (Å²) in [4.78, 5) is 4.49. The Hall–Kier alpha value is -2.43. The van der Waals surface area contributed by atoms with Gasteiger partial charge in [0.15, 0.2) is 0 Å². The topological polar surface area (TPSA) is 68.4 Å². The first kappa shape index (κ1) is 13.5. The number of pyridine rings is 1. The normalized spacial score (nSPS) is 10.8. The summed E-state index contributed by atoms with van der Waals surface area (Å²) < 4.78 is 5.79. The second-order valence-corrected chi connectivity index (χ2v) is 4.75. The minimum atomic E-state index is -0.0175. The third-order valence-electron chi connectivity index (χ3n) is 3.30. The molecule has 21 heavy (non-hydrogen) atoms. The average molecular weight is 280 g/mol. The Balaban J connectivity index is 2.00. The highest BCUT2D eigenvalue weighted by molar-refractivity contribution is 5.82. The molecule has 1 heterocycles. The van der Waals surface area contributed by atoms with E-state index < -0.39 is 0 Å². The molecule has 4 heteroatoms. The molecule has 0 saturated carbocycles. The van der Waals surface area contributed by atoms with Crippen LogP contribution < -0.4 is 10.5 Å². The molecule has 1 aromatic heterocycles. The van der Waals surface area contributed by atoms with Crippen LogP contribution in [0.3, 0.4) is 0 Å². The number of nitrogens with zero attached hydrogens (tertiary/aromatic N) is 1. The van der Waals surface area contributed by atoms with Gasteiger partial charge in [0.25, 0.3) is 0 Å². The molecular weight excluding hydrogens is 264 g/mol. The van der Waals surface area contributed by atoms with E-state index in [1.54, 1.807) is 6.07 Å². The van der Waals surface area contributed by atoms with E-state index in [1.165, 1.54) is 0 Å². The van der Waals surface area contributed by atoms with Crippen LogP contribution >= 0.6 is 0 Å². The lowest BCUT2D eigenvalue weighted by Gasteiger charge is -2.10. The van der Waals surface area contributed by atoms with E-state index in [2.05, 4.69) is 4.98 Å². The van der Waals surface area contributed by atoms with E-state index in [0.29, 0.717) is 18.2 Å². The Morgan fingerprint density at radius 1 is 1.05 bits per heavy atom. The van der Waals surface area contributed by atoms with Crippen molar-refractivity contribution in [1.29, 1.82) is 0 Å². The molecule has 0 spiro atoms. The summed E-state index contributed by atoms with van der Waals surface area (Å²) in [6.07, 6.45) is 0. The van der Waals surface area contributed by atoms with Crippen molar-refractivity contribution in [3.8, 4) is 11.6 Å². The van der Waals surface area contributed by atoms with Gasteiger partial charge in [-0.25, -0.2) is 4.98 Å². The summed E-state index contributed by atoms with van der Waals surface area (Å²) in [5.74, 6) is 1.15. The zero-order valence-corrected chi connectivity index (χ0v) is 11.5. The largest absolute Gasteiger partial charge is 0.439 e. The van der Waals surface area contributed by atoms with Crippen LogP contribution in [0.4, 0.5) is 0 Å². The molecule has 0 bridgehead atoms. The summed E-state index contributed by atoms with van der Waals surface area (Å²) in [5.41, 5.74) is 8.46. The van der Waals surface area contributed by atoms with Crippen molar-refractivity contribution in [2.75, 3.05) is 0 Å². The fourth-order valence-electron chi connectivity index (χ4n) is 2.27. The highest BCUT2D eigenvalue weighted by Gasteiger charge is 2.06. The number of hydrogen-bond acceptors (Lipinski definition) is 4. The van der Waals surface area contributed by atoms with E-state index in [9.17, 15) is 0 Å². The third kappa shape index (κ3) is 2.86. The van der Waals surface area contributed by atoms with Gasteiger partial charge in [0.05, 0.1) is 12.1 Å². The molecule has 0 fully saturated rings. The minimum Gasteiger partial charge on any atom is -0.439 e. The molecule has 0 unspecified atom stereocenters. The van der Waals surface area contributed by atoms with Crippen molar-refractivity contribution in [2.24, 2.45) is 5.73 Å². The maximum atomic E-state index is 9.16. The number of nitrogens with two attached hydrogens (primary N) is 1. The van der Waals surface area contributed by atoms with Crippen molar-refractivity contribution in [1.82, 2.24) is 4.98 Å². The van der Waals surface area contributed by atoms with Gasteiger partial charge in [-0.15, -0.1) is 0 Å². The number of aliphatic hydroxyl groups is 1. The van der Waals surface area contributed by atoms with E-state index >= 15 is 0 Å². The van der Waals surface area contributed by atoms with Gasteiger partial charge in [-0.2, -0.15) is 0 Å². The highest BCUT2D eigenvalue weighted by atomic mass is 16.5. The highest BCUT2D eigenvalue weighted by Crippen LogP contribution is 2.26. The molecule has 0 saturated heterocycles. The van der Waals surface area contributed by atoms with Crippen LogP contribution in [0.1, 0.15) is 11.1 Å². The zero-order valence-electron chi connectivity index (χ0n) is 11.5. The average Bonchev–Trinajstić information content (AvgIpc) is 2.54. The lowest BCUT2D eigenvalue weighted by molar-refractivity contribution is 0.281. The van der Waals surface area contributed by atoms with Crippen molar-refractivity contribution in [3.05, 3.63) is 65.7 Å². The van der Waals surface area contributed by atoms with E-state index in [0.717, 1.165) is 22.0 Å². The van der Waals surface area contributed by atoms with Crippen molar-refractivity contribution in [3.63, 3.8) is 0 Å². The molecule has 3 aromatic rings. The van der Waals surface area contributed by atoms with Gasteiger partial charge in [0.1, 0.15) is 5.75 Å². The molecule has 106 valence electrons. The van der Waals surface area contributed by atoms with Crippen molar-refractivity contribution in [2.45, 2.75) is 13.2 Å². The number of hydrogen-bond donors (Lipinski definition) is 2. The van der Waals surface area contributed by atoms with Crippen LogP contribution in [0.15, 0.2) is 54.6 Å². The Morgan fingerprint density at radius 2 is 1.90 bits per heavy atom. The third-order valence-corrected chi connectivity index (χ3v) is 3.30. The molecule has 0 aliphatic carbocycles. The van der Waals surface area contributed by atoms with Gasteiger partial charge >= 0.3 is 0 Å². The molecule has 4 nitrogen and oxygen atoms in total. The maximum Gasteiger partial charge on any atom is 0.220 e. The van der Waals surface area contributed by atoms with Crippen LogP contribution in [0.2, 0.25) is 0 Å². The van der Waals surface area contributed by atoms with Gasteiger partial charge in [-0.1, -0.05) is 30.3 Å². The van der Waals surface area contributed by atoms with Gasteiger partial charge in [0.2, 0.25) is 5.88 Å². The smallest absolute Gasteiger partial charge is 0.220 e. The second-order valence-electron chi connectivity index (χ2n) is 4.75. The van der Waals surface area contributed by atoms with Gasteiger partial charge in [0, 0.05) is 18.0 Å². The van der Waals surface area contributed by atoms with E-state index in [-0.39, 0.29) is 6.61 Å². The van der Waals surface area contributed by atoms with Crippen LogP contribution in [0, 0.1) is 0 Å². The molecule has 0 atom stereocenters. The van der Waals surface area contributed by atoms with Crippen LogP contribution in [-0.4, -0.2) is 10.1 Å². The SMILES string of the molecule is NCc1cc(Oc2cccc(CO)c2)nc2ccccc12. The summed E-state index contributed by atoms with van der Waals surface area (Å²) in [5, 5.41) is 10.2. The lowest BCUT2D eigenvalue weighted by atomic mass is 10.1. The molecular formula is C17H16N2O2. The number of ether oxygens (including phenoxy) is 1. The quantitative estimate of drug-likeness (QED) is 0.771. The fourth-order valence-corrected chi connectivity index (χ4v) is 2.27. The monoisotopic (exact) mass is 280 g/mol. The molecule has 0 aliphatic rings. The number of fused-ring (bicyclic) bond motifs is 1. The Bertz CT molecular complexity index is 772. The second kappa shape index (κ2) is 5.91. The molecule has 0 amide bonds. The summed E-state index contributed by atoms with van der Waals surface area (Å²) in [6.45, 7) is 0.409. The number of rotatable bonds is 4. The lowest BCUT2D eigenvalue weighted by Crippen LogP contribution is -2.00. The summed E-state index contributed by atoms with van der Waals surface area (Å²) in [6, 6.07) is 17.0. The predicted octanol–water partition coefficient (Wildman–Crippen LogP) is 2.98. The number of aliphatic hydroxyl groups excluding tert-OH is 1. The summed E-state index contributed by atoms with van der Waals surface area (Å²) in [7, 11) is 0.